The third kappa shape index (κ3) is 3.21. The molecule has 0 aliphatic heterocycles. The topological polar surface area (TPSA) is 48.1 Å². The minimum Gasteiger partial charge on any atom is -0.489 e. The third-order valence-electron chi connectivity index (χ3n) is 2.56. The number of aryl methyl sites for hydroxylation is 1. The predicted octanol–water partition coefficient (Wildman–Crippen LogP) is 2.81. The number of ether oxygens (including phenoxy) is 1. The van der Waals surface area contributed by atoms with Crippen molar-refractivity contribution in [3.63, 3.8) is 0 Å². The fourth-order valence-corrected chi connectivity index (χ4v) is 1.54. The lowest BCUT2D eigenvalue weighted by Crippen LogP contribution is -1.98. The molecule has 1 aromatic heterocycles. The second kappa shape index (κ2) is 5.34. The summed E-state index contributed by atoms with van der Waals surface area (Å²) >= 11 is 0. The standard InChI is InChI=1S/C14H16N2O/c1-2-11-4-3-5-13(8-11)17-10-12-6-7-14(15)16-9-12/h3-9H,2,10H2,1H3,(H2,15,16). The summed E-state index contributed by atoms with van der Waals surface area (Å²) in [5.41, 5.74) is 7.81. The summed E-state index contributed by atoms with van der Waals surface area (Å²) in [5, 5.41) is 0. The maximum atomic E-state index is 5.69. The molecule has 2 aromatic rings. The van der Waals surface area contributed by atoms with Gasteiger partial charge in [0, 0.05) is 11.8 Å². The van der Waals surface area contributed by atoms with E-state index in [4.69, 9.17) is 10.5 Å². The van der Waals surface area contributed by atoms with E-state index in [1.807, 2.05) is 18.2 Å². The molecule has 0 radical (unpaired) electrons. The van der Waals surface area contributed by atoms with Gasteiger partial charge in [-0.3, -0.25) is 0 Å². The summed E-state index contributed by atoms with van der Waals surface area (Å²) in [4.78, 5) is 4.02. The molecular formula is C14H16N2O. The van der Waals surface area contributed by atoms with Crippen molar-refractivity contribution < 1.29 is 4.74 Å². The van der Waals surface area contributed by atoms with Crippen molar-refractivity contribution >= 4 is 5.82 Å². The Morgan fingerprint density at radius 2 is 2.06 bits per heavy atom. The van der Waals surface area contributed by atoms with Crippen LogP contribution in [0.15, 0.2) is 42.6 Å². The number of hydrogen-bond acceptors (Lipinski definition) is 3. The van der Waals surface area contributed by atoms with E-state index in [2.05, 4.69) is 24.0 Å². The van der Waals surface area contributed by atoms with Crippen molar-refractivity contribution in [2.45, 2.75) is 20.0 Å². The fraction of sp³-hybridized carbons (Fsp3) is 0.214. The van der Waals surface area contributed by atoms with Crippen LogP contribution in [0.25, 0.3) is 0 Å². The van der Waals surface area contributed by atoms with Gasteiger partial charge in [-0.25, -0.2) is 4.98 Å². The quantitative estimate of drug-likeness (QED) is 0.875. The van der Waals surface area contributed by atoms with Gasteiger partial charge in [0.25, 0.3) is 0 Å². The maximum absolute atomic E-state index is 5.69. The maximum Gasteiger partial charge on any atom is 0.123 e. The van der Waals surface area contributed by atoms with Gasteiger partial charge in [-0.05, 0) is 30.2 Å². The van der Waals surface area contributed by atoms with Crippen molar-refractivity contribution in [2.24, 2.45) is 0 Å². The monoisotopic (exact) mass is 228 g/mol. The second-order valence-corrected chi connectivity index (χ2v) is 3.88. The normalized spacial score (nSPS) is 10.2. The first kappa shape index (κ1) is 11.5. The van der Waals surface area contributed by atoms with Gasteiger partial charge < -0.3 is 10.5 Å². The van der Waals surface area contributed by atoms with E-state index in [1.54, 1.807) is 12.3 Å². The molecule has 3 heteroatoms. The van der Waals surface area contributed by atoms with Crippen molar-refractivity contribution in [3.05, 3.63) is 53.7 Å². The molecule has 0 bridgehead atoms. The van der Waals surface area contributed by atoms with E-state index in [-0.39, 0.29) is 0 Å². The molecule has 0 spiro atoms. The molecule has 3 nitrogen and oxygen atoms in total. The molecule has 0 amide bonds. The van der Waals surface area contributed by atoms with Crippen LogP contribution in [0.4, 0.5) is 5.82 Å². The number of hydrogen-bond donors (Lipinski definition) is 1. The molecule has 0 saturated carbocycles. The molecule has 0 aliphatic rings. The van der Waals surface area contributed by atoms with Gasteiger partial charge in [-0.15, -0.1) is 0 Å². The smallest absolute Gasteiger partial charge is 0.123 e. The van der Waals surface area contributed by atoms with Crippen LogP contribution >= 0.6 is 0 Å². The van der Waals surface area contributed by atoms with E-state index < -0.39 is 0 Å². The minimum atomic E-state index is 0.514. The van der Waals surface area contributed by atoms with Crippen LogP contribution in [0.1, 0.15) is 18.1 Å². The van der Waals surface area contributed by atoms with Crippen LogP contribution in [-0.2, 0) is 13.0 Å². The zero-order chi connectivity index (χ0) is 12.1. The zero-order valence-corrected chi connectivity index (χ0v) is 9.89. The Morgan fingerprint density at radius 1 is 1.18 bits per heavy atom. The second-order valence-electron chi connectivity index (χ2n) is 3.88. The van der Waals surface area contributed by atoms with E-state index in [9.17, 15) is 0 Å². The molecule has 88 valence electrons. The average molecular weight is 228 g/mol. The van der Waals surface area contributed by atoms with Crippen molar-refractivity contribution in [1.29, 1.82) is 0 Å². The molecule has 1 aromatic carbocycles. The SMILES string of the molecule is CCc1cccc(OCc2ccc(N)nc2)c1. The molecule has 2 N–H and O–H groups in total. The van der Waals surface area contributed by atoms with Crippen LogP contribution in [0.5, 0.6) is 5.75 Å². The van der Waals surface area contributed by atoms with E-state index in [0.29, 0.717) is 12.4 Å². The lowest BCUT2D eigenvalue weighted by atomic mass is 10.2. The molecule has 0 fully saturated rings. The van der Waals surface area contributed by atoms with Crippen LogP contribution in [0, 0.1) is 0 Å². The van der Waals surface area contributed by atoms with Crippen LogP contribution < -0.4 is 10.5 Å². The Kier molecular flexibility index (Phi) is 3.60. The molecular weight excluding hydrogens is 212 g/mol. The zero-order valence-electron chi connectivity index (χ0n) is 9.89. The van der Waals surface area contributed by atoms with E-state index >= 15 is 0 Å². The van der Waals surface area contributed by atoms with Gasteiger partial charge in [0.05, 0.1) is 0 Å². The molecule has 0 unspecified atom stereocenters. The summed E-state index contributed by atoms with van der Waals surface area (Å²) in [5.74, 6) is 1.42. The number of nitrogen functional groups attached to an aromatic ring is 1. The number of nitrogens with two attached hydrogens (primary N) is 1. The number of anilines is 1. The largest absolute Gasteiger partial charge is 0.489 e. The number of benzene rings is 1. The van der Waals surface area contributed by atoms with Crippen molar-refractivity contribution in [2.75, 3.05) is 5.73 Å². The first-order chi connectivity index (χ1) is 8.28. The highest BCUT2D eigenvalue weighted by Crippen LogP contribution is 2.15. The van der Waals surface area contributed by atoms with Gasteiger partial charge in [-0.2, -0.15) is 0 Å². The minimum absolute atomic E-state index is 0.514. The molecule has 2 rings (SSSR count). The summed E-state index contributed by atoms with van der Waals surface area (Å²) < 4.78 is 5.69. The Bertz CT molecular complexity index is 480. The number of pyridine rings is 1. The molecule has 1 heterocycles. The predicted molar refractivity (Wildman–Crippen MR) is 68.8 cm³/mol. The molecule has 0 atom stereocenters. The lowest BCUT2D eigenvalue weighted by molar-refractivity contribution is 0.305. The van der Waals surface area contributed by atoms with Crippen molar-refractivity contribution in [3.8, 4) is 5.75 Å². The summed E-state index contributed by atoms with van der Waals surface area (Å²) in [7, 11) is 0. The number of rotatable bonds is 4. The summed E-state index contributed by atoms with van der Waals surface area (Å²) in [6.45, 7) is 2.64. The van der Waals surface area contributed by atoms with Gasteiger partial charge in [-0.1, -0.05) is 25.1 Å². The van der Waals surface area contributed by atoms with E-state index in [1.165, 1.54) is 5.56 Å². The first-order valence-corrected chi connectivity index (χ1v) is 5.70. The molecule has 0 aliphatic carbocycles. The van der Waals surface area contributed by atoms with E-state index in [0.717, 1.165) is 17.7 Å². The Balaban J connectivity index is 1.99. The molecule has 17 heavy (non-hydrogen) atoms. The summed E-state index contributed by atoms with van der Waals surface area (Å²) in [6, 6.07) is 11.8. The van der Waals surface area contributed by atoms with Gasteiger partial charge in [0.2, 0.25) is 0 Å². The Morgan fingerprint density at radius 3 is 2.76 bits per heavy atom. The summed E-state index contributed by atoms with van der Waals surface area (Å²) in [6.07, 6.45) is 2.75. The van der Waals surface area contributed by atoms with Gasteiger partial charge in [0.1, 0.15) is 18.2 Å². The fourth-order valence-electron chi connectivity index (χ4n) is 1.54. The Hall–Kier alpha value is -2.03. The highest BCUT2D eigenvalue weighted by atomic mass is 16.5. The number of aromatic nitrogens is 1. The van der Waals surface area contributed by atoms with Crippen LogP contribution in [-0.4, -0.2) is 4.98 Å². The number of nitrogens with zero attached hydrogens (tertiary/aromatic N) is 1. The van der Waals surface area contributed by atoms with Crippen molar-refractivity contribution in [1.82, 2.24) is 4.98 Å². The first-order valence-electron chi connectivity index (χ1n) is 5.70. The Labute approximate surface area is 101 Å². The highest BCUT2D eigenvalue weighted by molar-refractivity contribution is 5.30. The van der Waals surface area contributed by atoms with Crippen LogP contribution in [0.2, 0.25) is 0 Å². The lowest BCUT2D eigenvalue weighted by Gasteiger charge is -2.07. The highest BCUT2D eigenvalue weighted by Gasteiger charge is 1.97. The van der Waals surface area contributed by atoms with Gasteiger partial charge in [0.15, 0.2) is 0 Å². The third-order valence-corrected chi connectivity index (χ3v) is 2.56. The van der Waals surface area contributed by atoms with Crippen LogP contribution in [0.3, 0.4) is 0 Å². The molecule has 0 saturated heterocycles. The van der Waals surface area contributed by atoms with Gasteiger partial charge >= 0.3 is 0 Å². The average Bonchev–Trinajstić information content (AvgIpc) is 2.38.